The lowest BCUT2D eigenvalue weighted by Gasteiger charge is -2.39. The van der Waals surface area contributed by atoms with Crippen molar-refractivity contribution < 1.29 is 4.79 Å². The monoisotopic (exact) mass is 632 g/mol. The number of carbonyl (C=O) groups is 1. The van der Waals surface area contributed by atoms with Crippen molar-refractivity contribution in [2.75, 3.05) is 13.1 Å². The van der Waals surface area contributed by atoms with Crippen molar-refractivity contribution in [1.29, 1.82) is 0 Å². The number of carbonyl (C=O) groups excluding carboxylic acids is 1. The highest BCUT2D eigenvalue weighted by molar-refractivity contribution is 5.77. The minimum Gasteiger partial charge on any atom is -0.338 e. The van der Waals surface area contributed by atoms with Gasteiger partial charge in [0.05, 0.1) is 12.9 Å². The maximum absolute atomic E-state index is 12.9. The average molecular weight is 632 g/mol. The zero-order valence-electron chi connectivity index (χ0n) is 31.1. The summed E-state index contributed by atoms with van der Waals surface area (Å²) in [7, 11) is 0. The molecule has 1 atom stereocenters. The van der Waals surface area contributed by atoms with Crippen LogP contribution < -0.4 is 5.32 Å². The molecule has 4 heteroatoms. The van der Waals surface area contributed by atoms with Gasteiger partial charge in [-0.2, -0.15) is 0 Å². The molecule has 0 fully saturated rings. The van der Waals surface area contributed by atoms with Crippen LogP contribution in [0.3, 0.4) is 0 Å². The first kappa shape index (κ1) is 42.0. The Hall–Kier alpha value is -1.06. The van der Waals surface area contributed by atoms with E-state index in [1.54, 1.807) is 0 Å². The van der Waals surface area contributed by atoms with Crippen molar-refractivity contribution in [3.8, 4) is 0 Å². The summed E-state index contributed by atoms with van der Waals surface area (Å²) in [5.74, 6) is 0.226. The van der Waals surface area contributed by atoms with Gasteiger partial charge in [-0.15, -0.1) is 0 Å². The van der Waals surface area contributed by atoms with Gasteiger partial charge in [0.15, 0.2) is 0 Å². The topological polar surface area (TPSA) is 44.7 Å². The maximum Gasteiger partial charge on any atom is 0.221 e. The summed E-state index contributed by atoms with van der Waals surface area (Å²) in [6.45, 7) is 8.59. The van der Waals surface area contributed by atoms with Crippen molar-refractivity contribution in [3.63, 3.8) is 0 Å². The summed E-state index contributed by atoms with van der Waals surface area (Å²) in [6.07, 6.45) is 46.3. The third-order valence-corrected chi connectivity index (χ3v) is 10.3. The highest BCUT2D eigenvalue weighted by atomic mass is 16.1. The van der Waals surface area contributed by atoms with Crippen LogP contribution in [0.25, 0.3) is 0 Å². The molecule has 1 aliphatic rings. The van der Waals surface area contributed by atoms with Gasteiger partial charge in [-0.05, 0) is 26.2 Å². The van der Waals surface area contributed by atoms with Gasteiger partial charge in [0, 0.05) is 13.0 Å². The van der Waals surface area contributed by atoms with E-state index in [2.05, 4.69) is 36.0 Å². The fourth-order valence-corrected chi connectivity index (χ4v) is 7.07. The van der Waals surface area contributed by atoms with Crippen molar-refractivity contribution >= 4 is 12.2 Å². The van der Waals surface area contributed by atoms with Crippen LogP contribution in [0.5, 0.6) is 0 Å². The van der Waals surface area contributed by atoms with Gasteiger partial charge >= 0.3 is 0 Å². The van der Waals surface area contributed by atoms with Crippen molar-refractivity contribution in [2.24, 2.45) is 4.99 Å². The Morgan fingerprint density at radius 2 is 0.889 bits per heavy atom. The van der Waals surface area contributed by atoms with E-state index in [1.165, 1.54) is 193 Å². The normalized spacial score (nSPS) is 14.3. The molecule has 0 aromatic heterocycles. The summed E-state index contributed by atoms with van der Waals surface area (Å²) in [6, 6.07) is 0. The molecule has 45 heavy (non-hydrogen) atoms. The van der Waals surface area contributed by atoms with E-state index in [1.807, 2.05) is 6.34 Å². The van der Waals surface area contributed by atoms with Crippen LogP contribution in [-0.4, -0.2) is 35.9 Å². The van der Waals surface area contributed by atoms with Crippen molar-refractivity contribution in [2.45, 2.75) is 238 Å². The maximum atomic E-state index is 12.9. The predicted molar refractivity (Wildman–Crippen MR) is 200 cm³/mol. The summed E-state index contributed by atoms with van der Waals surface area (Å²) in [5, 5.41) is 3.43. The Morgan fingerprint density at radius 3 is 1.22 bits per heavy atom. The molecule has 1 aliphatic heterocycles. The van der Waals surface area contributed by atoms with Gasteiger partial charge < -0.3 is 10.2 Å². The van der Waals surface area contributed by atoms with Crippen molar-refractivity contribution in [1.82, 2.24) is 10.2 Å². The second kappa shape index (κ2) is 31.5. The molecule has 0 saturated heterocycles. The van der Waals surface area contributed by atoms with Gasteiger partial charge in [-0.1, -0.05) is 200 Å². The molecule has 0 bridgehead atoms. The molecule has 4 nitrogen and oxygen atoms in total. The van der Waals surface area contributed by atoms with E-state index in [4.69, 9.17) is 0 Å². The lowest BCUT2D eigenvalue weighted by molar-refractivity contribution is -0.124. The zero-order valence-corrected chi connectivity index (χ0v) is 31.1. The van der Waals surface area contributed by atoms with E-state index >= 15 is 0 Å². The molecule has 0 aromatic rings. The Balaban J connectivity index is 2.02. The predicted octanol–water partition coefficient (Wildman–Crippen LogP) is 13.1. The fourth-order valence-electron chi connectivity index (χ4n) is 7.07. The second-order valence-corrected chi connectivity index (χ2v) is 14.8. The molecule has 1 amide bonds. The molecule has 1 N–H and O–H groups in total. The molecule has 266 valence electrons. The summed E-state index contributed by atoms with van der Waals surface area (Å²) in [5.41, 5.74) is -0.289. The SMILES string of the molecule is CCCCCCCCCCCCCCCCCCC(C)(NC(=O)CCCCCCCCCCCCCCCCC)N1C=NCC1. The van der Waals surface area contributed by atoms with Crippen LogP contribution in [0.4, 0.5) is 0 Å². The molecule has 0 radical (unpaired) electrons. The number of rotatable bonds is 35. The number of amides is 1. The van der Waals surface area contributed by atoms with Crippen LogP contribution in [0, 0.1) is 0 Å². The van der Waals surface area contributed by atoms with Crippen molar-refractivity contribution in [3.05, 3.63) is 0 Å². The fraction of sp³-hybridized carbons (Fsp3) is 0.951. The van der Waals surface area contributed by atoms with Gasteiger partial charge in [0.25, 0.3) is 0 Å². The highest BCUT2D eigenvalue weighted by Crippen LogP contribution is 2.22. The number of nitrogens with one attached hydrogen (secondary N) is 1. The number of hydrogen-bond donors (Lipinski definition) is 1. The Labute approximate surface area is 283 Å². The van der Waals surface area contributed by atoms with Crippen LogP contribution in [0.1, 0.15) is 233 Å². The van der Waals surface area contributed by atoms with E-state index < -0.39 is 0 Å². The minimum atomic E-state index is -0.289. The zero-order chi connectivity index (χ0) is 32.5. The van der Waals surface area contributed by atoms with E-state index in [0.717, 1.165) is 25.9 Å². The lowest BCUT2D eigenvalue weighted by Crippen LogP contribution is -2.57. The smallest absolute Gasteiger partial charge is 0.221 e. The first-order valence-electron chi connectivity index (χ1n) is 20.7. The van der Waals surface area contributed by atoms with E-state index in [9.17, 15) is 4.79 Å². The standard InChI is InChI=1S/C41H81N3O/c1-4-6-8-10-12-14-16-18-20-22-24-26-28-30-32-34-36-41(3,44-38-37-42-39-44)43-40(45)35-33-31-29-27-25-23-21-19-17-15-13-11-9-7-5-2/h39H,4-38H2,1-3H3,(H,43,45). The lowest BCUT2D eigenvalue weighted by atomic mass is 9.99. The molecule has 0 saturated carbocycles. The number of aliphatic imine (C=N–C) groups is 1. The van der Waals surface area contributed by atoms with E-state index in [0.29, 0.717) is 6.42 Å². The average Bonchev–Trinajstić information content (AvgIpc) is 3.59. The van der Waals surface area contributed by atoms with Gasteiger partial charge in [-0.25, -0.2) is 0 Å². The largest absolute Gasteiger partial charge is 0.338 e. The van der Waals surface area contributed by atoms with Gasteiger partial charge in [-0.3, -0.25) is 9.79 Å². The van der Waals surface area contributed by atoms with Gasteiger partial charge in [0.1, 0.15) is 5.66 Å². The van der Waals surface area contributed by atoms with Crippen LogP contribution in [0.15, 0.2) is 4.99 Å². The summed E-state index contributed by atoms with van der Waals surface area (Å²) >= 11 is 0. The minimum absolute atomic E-state index is 0.226. The Kier molecular flexibility index (Phi) is 29.4. The molecule has 0 aliphatic carbocycles. The first-order valence-corrected chi connectivity index (χ1v) is 20.7. The molecule has 1 unspecified atom stereocenters. The quantitative estimate of drug-likeness (QED) is 0.0707. The van der Waals surface area contributed by atoms with E-state index in [-0.39, 0.29) is 11.6 Å². The molecule has 0 aromatic carbocycles. The number of hydrogen-bond acceptors (Lipinski definition) is 3. The van der Waals surface area contributed by atoms with Crippen LogP contribution in [0.2, 0.25) is 0 Å². The molecule has 1 heterocycles. The molecule has 1 rings (SSSR count). The number of nitrogens with zero attached hydrogens (tertiary/aromatic N) is 2. The van der Waals surface area contributed by atoms with Crippen LogP contribution >= 0.6 is 0 Å². The number of unbranched alkanes of at least 4 members (excludes halogenated alkanes) is 29. The van der Waals surface area contributed by atoms with Gasteiger partial charge in [0.2, 0.25) is 5.91 Å². The van der Waals surface area contributed by atoms with Crippen LogP contribution in [-0.2, 0) is 4.79 Å². The third-order valence-electron chi connectivity index (χ3n) is 10.3. The summed E-state index contributed by atoms with van der Waals surface area (Å²) in [4.78, 5) is 19.7. The third kappa shape index (κ3) is 25.7. The molecular formula is C41H81N3O. The highest BCUT2D eigenvalue weighted by Gasteiger charge is 2.32. The summed E-state index contributed by atoms with van der Waals surface area (Å²) < 4.78 is 0. The Bertz CT molecular complexity index is 665. The molecular weight excluding hydrogens is 550 g/mol. The Morgan fingerprint density at radius 1 is 0.556 bits per heavy atom. The molecule has 0 spiro atoms. The first-order chi connectivity index (χ1) is 22.1. The second-order valence-electron chi connectivity index (χ2n) is 14.8.